The Bertz CT molecular complexity index is 423. The molecule has 3 N–H and O–H groups in total. The summed E-state index contributed by atoms with van der Waals surface area (Å²) in [6, 6.07) is 5.10. The maximum Gasteiger partial charge on any atom is 0.225 e. The van der Waals surface area contributed by atoms with Crippen LogP contribution in [-0.2, 0) is 4.79 Å². The molecule has 1 amide bonds. The number of nitrogens with two attached hydrogens (primary N) is 1. The molecule has 0 spiro atoms. The van der Waals surface area contributed by atoms with Crippen LogP contribution in [0, 0.1) is 0 Å². The maximum absolute atomic E-state index is 11.8. The van der Waals surface area contributed by atoms with Gasteiger partial charge in [0, 0.05) is 18.7 Å². The zero-order valence-corrected chi connectivity index (χ0v) is 12.3. The number of benzene rings is 1. The Balaban J connectivity index is 2.44. The number of hydrogen-bond donors (Lipinski definition) is 2. The van der Waals surface area contributed by atoms with Crippen LogP contribution in [0.15, 0.2) is 18.2 Å². The Morgan fingerprint density at radius 3 is 2.68 bits per heavy atom. The summed E-state index contributed by atoms with van der Waals surface area (Å²) in [5.74, 6) is -0.00345. The standard InChI is InChI=1S/C14H22ClN3O/c1-3-8-18(4-2)9-7-14(19)17-11-5-6-12(15)13(16)10-11/h5-6,10H,3-4,7-9,16H2,1-2H3,(H,17,19). The van der Waals surface area contributed by atoms with Crippen molar-refractivity contribution in [1.29, 1.82) is 0 Å². The highest BCUT2D eigenvalue weighted by Crippen LogP contribution is 2.22. The smallest absolute Gasteiger partial charge is 0.225 e. The zero-order chi connectivity index (χ0) is 14.3. The fourth-order valence-corrected chi connectivity index (χ4v) is 1.97. The Morgan fingerprint density at radius 1 is 1.37 bits per heavy atom. The van der Waals surface area contributed by atoms with E-state index in [0.29, 0.717) is 22.8 Å². The normalized spacial score (nSPS) is 10.7. The number of nitrogen functional groups attached to an aromatic ring is 1. The van der Waals surface area contributed by atoms with Crippen molar-refractivity contribution in [3.63, 3.8) is 0 Å². The summed E-state index contributed by atoms with van der Waals surface area (Å²) >= 11 is 5.83. The van der Waals surface area contributed by atoms with Crippen LogP contribution < -0.4 is 11.1 Å². The Labute approximate surface area is 119 Å². The van der Waals surface area contributed by atoms with Crippen LogP contribution in [0.5, 0.6) is 0 Å². The highest BCUT2D eigenvalue weighted by atomic mass is 35.5. The molecule has 0 saturated heterocycles. The molecule has 0 saturated carbocycles. The average molecular weight is 284 g/mol. The van der Waals surface area contributed by atoms with Gasteiger partial charge in [0.1, 0.15) is 0 Å². The number of rotatable bonds is 7. The molecule has 0 fully saturated rings. The van der Waals surface area contributed by atoms with Crippen molar-refractivity contribution in [1.82, 2.24) is 4.90 Å². The third kappa shape index (κ3) is 5.49. The lowest BCUT2D eigenvalue weighted by molar-refractivity contribution is -0.116. The molecule has 5 heteroatoms. The van der Waals surface area contributed by atoms with Crippen molar-refractivity contribution in [3.8, 4) is 0 Å². The van der Waals surface area contributed by atoms with E-state index < -0.39 is 0 Å². The number of nitrogens with zero attached hydrogens (tertiary/aromatic N) is 1. The molecule has 1 rings (SSSR count). The van der Waals surface area contributed by atoms with Gasteiger partial charge in [-0.1, -0.05) is 25.4 Å². The Kier molecular flexibility index (Phi) is 6.67. The lowest BCUT2D eigenvalue weighted by Gasteiger charge is -2.18. The number of carbonyl (C=O) groups excluding carboxylic acids is 1. The van der Waals surface area contributed by atoms with Crippen molar-refractivity contribution in [2.45, 2.75) is 26.7 Å². The van der Waals surface area contributed by atoms with Gasteiger partial charge in [-0.05, 0) is 37.7 Å². The largest absolute Gasteiger partial charge is 0.397 e. The van der Waals surface area contributed by atoms with Gasteiger partial charge in [0.2, 0.25) is 5.91 Å². The van der Waals surface area contributed by atoms with E-state index in [1.807, 2.05) is 0 Å². The van der Waals surface area contributed by atoms with Gasteiger partial charge in [-0.15, -0.1) is 0 Å². The van der Waals surface area contributed by atoms with Crippen LogP contribution in [0.3, 0.4) is 0 Å². The summed E-state index contributed by atoms with van der Waals surface area (Å²) in [6.07, 6.45) is 1.58. The van der Waals surface area contributed by atoms with Crippen LogP contribution >= 0.6 is 11.6 Å². The van der Waals surface area contributed by atoms with Gasteiger partial charge in [-0.2, -0.15) is 0 Å². The number of amides is 1. The third-order valence-corrected chi connectivity index (χ3v) is 3.27. The monoisotopic (exact) mass is 283 g/mol. The number of carbonyl (C=O) groups is 1. The van der Waals surface area contributed by atoms with Crippen molar-refractivity contribution < 1.29 is 4.79 Å². The van der Waals surface area contributed by atoms with Crippen molar-refractivity contribution >= 4 is 28.9 Å². The molecular weight excluding hydrogens is 262 g/mol. The van der Waals surface area contributed by atoms with Gasteiger partial charge < -0.3 is 16.0 Å². The van der Waals surface area contributed by atoms with E-state index >= 15 is 0 Å². The SMILES string of the molecule is CCCN(CC)CCC(=O)Nc1ccc(Cl)c(N)c1. The first-order valence-corrected chi connectivity index (χ1v) is 7.01. The Hall–Kier alpha value is -1.26. The maximum atomic E-state index is 11.8. The second-order valence-corrected chi connectivity index (χ2v) is 4.88. The fourth-order valence-electron chi connectivity index (χ4n) is 1.85. The predicted molar refractivity (Wildman–Crippen MR) is 81.5 cm³/mol. The van der Waals surface area contributed by atoms with Gasteiger partial charge in [-0.3, -0.25) is 4.79 Å². The van der Waals surface area contributed by atoms with E-state index in [0.717, 1.165) is 26.1 Å². The molecule has 0 heterocycles. The van der Waals surface area contributed by atoms with Gasteiger partial charge in [0.05, 0.1) is 10.7 Å². The predicted octanol–water partition coefficient (Wildman–Crippen LogP) is 2.98. The van der Waals surface area contributed by atoms with E-state index in [-0.39, 0.29) is 5.91 Å². The molecule has 4 nitrogen and oxygen atoms in total. The molecule has 0 aliphatic carbocycles. The molecule has 0 aromatic heterocycles. The number of hydrogen-bond acceptors (Lipinski definition) is 3. The molecule has 106 valence electrons. The molecule has 0 radical (unpaired) electrons. The van der Waals surface area contributed by atoms with Gasteiger partial charge in [0.15, 0.2) is 0 Å². The van der Waals surface area contributed by atoms with Gasteiger partial charge >= 0.3 is 0 Å². The van der Waals surface area contributed by atoms with E-state index in [2.05, 4.69) is 24.1 Å². The summed E-state index contributed by atoms with van der Waals surface area (Å²) in [5.41, 5.74) is 6.85. The first-order valence-electron chi connectivity index (χ1n) is 6.64. The minimum absolute atomic E-state index is 0.00345. The van der Waals surface area contributed by atoms with Crippen LogP contribution in [0.2, 0.25) is 5.02 Å². The quantitative estimate of drug-likeness (QED) is 0.757. The van der Waals surface area contributed by atoms with E-state index in [9.17, 15) is 4.79 Å². The molecule has 0 aliphatic heterocycles. The van der Waals surface area contributed by atoms with Gasteiger partial charge in [-0.25, -0.2) is 0 Å². The average Bonchev–Trinajstić information content (AvgIpc) is 2.39. The van der Waals surface area contributed by atoms with Crippen molar-refractivity contribution in [3.05, 3.63) is 23.2 Å². The Morgan fingerprint density at radius 2 is 2.11 bits per heavy atom. The minimum Gasteiger partial charge on any atom is -0.397 e. The summed E-state index contributed by atoms with van der Waals surface area (Å²) in [7, 11) is 0. The molecule has 0 aliphatic rings. The number of nitrogens with one attached hydrogen (secondary N) is 1. The van der Waals surface area contributed by atoms with Crippen LogP contribution in [0.25, 0.3) is 0 Å². The zero-order valence-electron chi connectivity index (χ0n) is 11.6. The van der Waals surface area contributed by atoms with Crippen LogP contribution in [0.1, 0.15) is 26.7 Å². The van der Waals surface area contributed by atoms with Gasteiger partial charge in [0.25, 0.3) is 0 Å². The van der Waals surface area contributed by atoms with Crippen LogP contribution in [0.4, 0.5) is 11.4 Å². The molecule has 19 heavy (non-hydrogen) atoms. The minimum atomic E-state index is -0.00345. The highest BCUT2D eigenvalue weighted by Gasteiger charge is 2.07. The number of anilines is 2. The first kappa shape index (κ1) is 15.8. The lowest BCUT2D eigenvalue weighted by atomic mass is 10.2. The highest BCUT2D eigenvalue weighted by molar-refractivity contribution is 6.33. The van der Waals surface area contributed by atoms with E-state index in [1.54, 1.807) is 18.2 Å². The molecule has 0 unspecified atom stereocenters. The first-order chi connectivity index (χ1) is 9.06. The summed E-state index contributed by atoms with van der Waals surface area (Å²) in [5, 5.41) is 3.33. The summed E-state index contributed by atoms with van der Waals surface area (Å²) in [6.45, 7) is 7.01. The molecular formula is C14H22ClN3O. The molecule has 0 bridgehead atoms. The van der Waals surface area contributed by atoms with Crippen molar-refractivity contribution in [2.75, 3.05) is 30.7 Å². The lowest BCUT2D eigenvalue weighted by Crippen LogP contribution is -2.28. The fraction of sp³-hybridized carbons (Fsp3) is 0.500. The summed E-state index contributed by atoms with van der Waals surface area (Å²) < 4.78 is 0. The molecule has 1 aromatic rings. The second-order valence-electron chi connectivity index (χ2n) is 4.47. The summed E-state index contributed by atoms with van der Waals surface area (Å²) in [4.78, 5) is 14.1. The third-order valence-electron chi connectivity index (χ3n) is 2.92. The van der Waals surface area contributed by atoms with Crippen molar-refractivity contribution in [2.24, 2.45) is 0 Å². The molecule has 0 atom stereocenters. The van der Waals surface area contributed by atoms with E-state index in [1.165, 1.54) is 0 Å². The number of halogens is 1. The molecule has 1 aromatic carbocycles. The van der Waals surface area contributed by atoms with Crippen LogP contribution in [-0.4, -0.2) is 30.4 Å². The van der Waals surface area contributed by atoms with E-state index in [4.69, 9.17) is 17.3 Å². The second kappa shape index (κ2) is 8.02. The topological polar surface area (TPSA) is 58.4 Å².